The SMILES string of the molecule is COc1cc(Cl)ccc1C(=O)N1CCCC1CC(=O)O. The van der Waals surface area contributed by atoms with Crippen molar-refractivity contribution in [2.75, 3.05) is 13.7 Å². The predicted octanol–water partition coefficient (Wildman–Crippen LogP) is 2.43. The van der Waals surface area contributed by atoms with Gasteiger partial charge in [-0.1, -0.05) is 11.6 Å². The normalized spacial score (nSPS) is 18.1. The van der Waals surface area contributed by atoms with Gasteiger partial charge in [0.1, 0.15) is 5.75 Å². The van der Waals surface area contributed by atoms with Crippen LogP contribution in [0.2, 0.25) is 5.02 Å². The molecule has 0 spiro atoms. The van der Waals surface area contributed by atoms with Crippen molar-refractivity contribution in [1.29, 1.82) is 0 Å². The molecule has 0 saturated carbocycles. The molecule has 1 aromatic rings. The van der Waals surface area contributed by atoms with Crippen LogP contribution in [0.1, 0.15) is 29.6 Å². The minimum absolute atomic E-state index is 0.0261. The molecule has 5 nitrogen and oxygen atoms in total. The minimum atomic E-state index is -0.891. The smallest absolute Gasteiger partial charge is 0.305 e. The third kappa shape index (κ3) is 3.04. The van der Waals surface area contributed by atoms with Crippen molar-refractivity contribution in [2.45, 2.75) is 25.3 Å². The Bertz CT molecular complexity index is 532. The third-order valence-corrected chi connectivity index (χ3v) is 3.68. The van der Waals surface area contributed by atoms with Crippen LogP contribution in [-0.4, -0.2) is 41.6 Å². The van der Waals surface area contributed by atoms with Gasteiger partial charge in [-0.15, -0.1) is 0 Å². The zero-order valence-corrected chi connectivity index (χ0v) is 11.9. The molecule has 0 bridgehead atoms. The van der Waals surface area contributed by atoms with Gasteiger partial charge in [0.2, 0.25) is 0 Å². The third-order valence-electron chi connectivity index (χ3n) is 3.44. The number of carboxylic acids is 1. The molecule has 0 aromatic heterocycles. The molecule has 1 aliphatic heterocycles. The number of hydrogen-bond acceptors (Lipinski definition) is 3. The molecule has 2 rings (SSSR count). The lowest BCUT2D eigenvalue weighted by atomic mass is 10.1. The molecular weight excluding hydrogens is 282 g/mol. The molecule has 0 radical (unpaired) electrons. The van der Waals surface area contributed by atoms with Crippen LogP contribution in [0.25, 0.3) is 0 Å². The highest BCUT2D eigenvalue weighted by molar-refractivity contribution is 6.30. The molecule has 20 heavy (non-hydrogen) atoms. The molecule has 1 fully saturated rings. The lowest BCUT2D eigenvalue weighted by Gasteiger charge is -2.24. The van der Waals surface area contributed by atoms with Crippen LogP contribution in [0, 0.1) is 0 Å². The topological polar surface area (TPSA) is 66.8 Å². The van der Waals surface area contributed by atoms with E-state index in [2.05, 4.69) is 0 Å². The molecule has 6 heteroatoms. The summed E-state index contributed by atoms with van der Waals surface area (Å²) in [7, 11) is 1.47. The van der Waals surface area contributed by atoms with Crippen molar-refractivity contribution in [3.63, 3.8) is 0 Å². The maximum Gasteiger partial charge on any atom is 0.305 e. The highest BCUT2D eigenvalue weighted by Crippen LogP contribution is 2.28. The van der Waals surface area contributed by atoms with Crippen molar-refractivity contribution >= 4 is 23.5 Å². The largest absolute Gasteiger partial charge is 0.496 e. The van der Waals surface area contributed by atoms with E-state index in [0.717, 1.165) is 6.42 Å². The highest BCUT2D eigenvalue weighted by atomic mass is 35.5. The Morgan fingerprint density at radius 1 is 1.50 bits per heavy atom. The maximum absolute atomic E-state index is 12.5. The second-order valence-corrected chi connectivity index (χ2v) is 5.17. The number of likely N-dealkylation sites (tertiary alicyclic amines) is 1. The second-order valence-electron chi connectivity index (χ2n) is 4.74. The van der Waals surface area contributed by atoms with Gasteiger partial charge in [0.25, 0.3) is 5.91 Å². The zero-order chi connectivity index (χ0) is 14.7. The summed E-state index contributed by atoms with van der Waals surface area (Å²) in [6.45, 7) is 0.572. The number of hydrogen-bond donors (Lipinski definition) is 1. The molecular formula is C14H16ClNO4. The van der Waals surface area contributed by atoms with Crippen LogP contribution in [0.4, 0.5) is 0 Å². The molecule has 1 atom stereocenters. The summed E-state index contributed by atoms with van der Waals surface area (Å²) in [6.07, 6.45) is 1.51. The summed E-state index contributed by atoms with van der Waals surface area (Å²) < 4.78 is 5.17. The lowest BCUT2D eigenvalue weighted by molar-refractivity contribution is -0.137. The van der Waals surface area contributed by atoms with E-state index in [1.165, 1.54) is 7.11 Å². The lowest BCUT2D eigenvalue weighted by Crippen LogP contribution is -2.37. The summed E-state index contributed by atoms with van der Waals surface area (Å²) in [5.41, 5.74) is 0.411. The second kappa shape index (κ2) is 6.13. The van der Waals surface area contributed by atoms with E-state index < -0.39 is 5.97 Å². The zero-order valence-electron chi connectivity index (χ0n) is 11.1. The van der Waals surface area contributed by atoms with Crippen LogP contribution >= 0.6 is 11.6 Å². The minimum Gasteiger partial charge on any atom is -0.496 e. The van der Waals surface area contributed by atoms with Crippen LogP contribution in [0.15, 0.2) is 18.2 Å². The van der Waals surface area contributed by atoms with Gasteiger partial charge in [0.05, 0.1) is 19.1 Å². The van der Waals surface area contributed by atoms with Crippen LogP contribution in [0.3, 0.4) is 0 Å². The van der Waals surface area contributed by atoms with Crippen LogP contribution in [-0.2, 0) is 4.79 Å². The number of nitrogens with zero attached hydrogens (tertiary/aromatic N) is 1. The molecule has 1 N–H and O–H groups in total. The average Bonchev–Trinajstić information content (AvgIpc) is 2.85. The number of rotatable bonds is 4. The number of halogens is 1. The fourth-order valence-electron chi connectivity index (χ4n) is 2.51. The molecule has 108 valence electrons. The molecule has 1 aliphatic rings. The standard InChI is InChI=1S/C14H16ClNO4/c1-20-12-7-9(15)4-5-11(12)14(19)16-6-2-3-10(16)8-13(17)18/h4-5,7,10H,2-3,6,8H2,1H3,(H,17,18). The Morgan fingerprint density at radius 3 is 2.90 bits per heavy atom. The first-order valence-corrected chi connectivity index (χ1v) is 6.77. The maximum atomic E-state index is 12.5. The highest BCUT2D eigenvalue weighted by Gasteiger charge is 2.32. The van der Waals surface area contributed by atoms with E-state index >= 15 is 0 Å². The van der Waals surface area contributed by atoms with Crippen LogP contribution in [0.5, 0.6) is 5.75 Å². The van der Waals surface area contributed by atoms with E-state index in [1.54, 1.807) is 23.1 Å². The molecule has 1 saturated heterocycles. The fourth-order valence-corrected chi connectivity index (χ4v) is 2.68. The van der Waals surface area contributed by atoms with Crippen molar-refractivity contribution < 1.29 is 19.4 Å². The van der Waals surface area contributed by atoms with E-state index in [0.29, 0.717) is 29.3 Å². The summed E-state index contributed by atoms with van der Waals surface area (Å²) in [5.74, 6) is -0.691. The van der Waals surface area contributed by atoms with Crippen LogP contribution < -0.4 is 4.74 Å². The summed E-state index contributed by atoms with van der Waals surface area (Å²) >= 11 is 5.87. The average molecular weight is 298 g/mol. The molecule has 1 amide bonds. The van der Waals surface area contributed by atoms with Gasteiger partial charge in [-0.2, -0.15) is 0 Å². The first-order chi connectivity index (χ1) is 9.52. The number of amides is 1. The Hall–Kier alpha value is -1.75. The Balaban J connectivity index is 2.24. The quantitative estimate of drug-likeness (QED) is 0.927. The van der Waals surface area contributed by atoms with Crippen molar-refractivity contribution in [3.05, 3.63) is 28.8 Å². The first-order valence-electron chi connectivity index (χ1n) is 6.39. The van der Waals surface area contributed by atoms with Gasteiger partial charge in [0, 0.05) is 17.6 Å². The summed E-state index contributed by atoms with van der Waals surface area (Å²) in [4.78, 5) is 25.0. The van der Waals surface area contributed by atoms with Gasteiger partial charge < -0.3 is 14.7 Å². The number of carboxylic acid groups (broad SMARTS) is 1. The van der Waals surface area contributed by atoms with Gasteiger partial charge >= 0.3 is 5.97 Å². The number of aliphatic carboxylic acids is 1. The molecule has 0 aliphatic carbocycles. The molecule has 1 unspecified atom stereocenters. The summed E-state index contributed by atoms with van der Waals surface area (Å²) in [5, 5.41) is 9.39. The van der Waals surface area contributed by atoms with Crippen molar-refractivity contribution in [1.82, 2.24) is 4.90 Å². The Labute approximate surface area is 122 Å². The Kier molecular flexibility index (Phi) is 4.49. The monoisotopic (exact) mass is 297 g/mol. The molecule has 1 aromatic carbocycles. The fraction of sp³-hybridized carbons (Fsp3) is 0.429. The first kappa shape index (κ1) is 14.7. The van der Waals surface area contributed by atoms with Gasteiger partial charge in [-0.3, -0.25) is 9.59 Å². The van der Waals surface area contributed by atoms with Crippen molar-refractivity contribution in [3.8, 4) is 5.75 Å². The number of methoxy groups -OCH3 is 1. The number of ether oxygens (including phenoxy) is 1. The van der Waals surface area contributed by atoms with E-state index in [1.807, 2.05) is 0 Å². The summed E-state index contributed by atoms with van der Waals surface area (Å²) in [6, 6.07) is 4.57. The van der Waals surface area contributed by atoms with Gasteiger partial charge in [-0.05, 0) is 31.0 Å². The van der Waals surface area contributed by atoms with E-state index in [4.69, 9.17) is 21.4 Å². The number of benzene rings is 1. The number of carbonyl (C=O) groups excluding carboxylic acids is 1. The molecule has 1 heterocycles. The number of carbonyl (C=O) groups is 2. The van der Waals surface area contributed by atoms with Gasteiger partial charge in [0.15, 0.2) is 0 Å². The Morgan fingerprint density at radius 2 is 2.25 bits per heavy atom. The van der Waals surface area contributed by atoms with E-state index in [9.17, 15) is 9.59 Å². The van der Waals surface area contributed by atoms with Crippen molar-refractivity contribution in [2.24, 2.45) is 0 Å². The van der Waals surface area contributed by atoms with Gasteiger partial charge in [-0.25, -0.2) is 0 Å². The predicted molar refractivity (Wildman–Crippen MR) is 74.3 cm³/mol. The van der Waals surface area contributed by atoms with E-state index in [-0.39, 0.29) is 18.4 Å².